The van der Waals surface area contributed by atoms with Gasteiger partial charge >= 0.3 is 0 Å². The molecular weight excluding hydrogens is 183 g/mol. The molecule has 0 aromatic heterocycles. The average Bonchev–Trinajstić information content (AvgIpc) is 2.09. The fourth-order valence-electron chi connectivity index (χ4n) is 1.35. The third-order valence-electron chi connectivity index (χ3n) is 2.24. The number of aliphatic hydroxyl groups excluding tert-OH is 1. The van der Waals surface area contributed by atoms with Crippen molar-refractivity contribution in [3.63, 3.8) is 0 Å². The zero-order chi connectivity index (χ0) is 10.8. The number of hydrogen-bond donors (Lipinski definition) is 3. The highest BCUT2D eigenvalue weighted by Crippen LogP contribution is 2.25. The molecule has 0 fully saturated rings. The van der Waals surface area contributed by atoms with Crippen molar-refractivity contribution in [2.24, 2.45) is 5.73 Å². The van der Waals surface area contributed by atoms with Crippen molar-refractivity contribution < 1.29 is 9.50 Å². The molecule has 3 nitrogen and oxygen atoms in total. The second-order valence-corrected chi connectivity index (χ2v) is 3.63. The van der Waals surface area contributed by atoms with Gasteiger partial charge in [-0.15, -0.1) is 0 Å². The number of hydrogen-bond acceptors (Lipinski definition) is 3. The largest absolute Gasteiger partial charge is 0.399 e. The van der Waals surface area contributed by atoms with Gasteiger partial charge in [-0.3, -0.25) is 0 Å². The van der Waals surface area contributed by atoms with Gasteiger partial charge in [0.2, 0.25) is 0 Å². The molecule has 0 heterocycles. The Hall–Kier alpha value is -1.13. The molecule has 78 valence electrons. The molecule has 0 amide bonds. The highest BCUT2D eigenvalue weighted by atomic mass is 19.1. The Morgan fingerprint density at radius 3 is 2.71 bits per heavy atom. The van der Waals surface area contributed by atoms with E-state index in [0.29, 0.717) is 17.7 Å². The average molecular weight is 198 g/mol. The Morgan fingerprint density at radius 2 is 2.14 bits per heavy atom. The van der Waals surface area contributed by atoms with Gasteiger partial charge in [0.1, 0.15) is 5.82 Å². The Balaban J connectivity index is 3.10. The molecule has 0 saturated heterocycles. The van der Waals surface area contributed by atoms with Crippen molar-refractivity contribution >= 4 is 5.69 Å². The zero-order valence-corrected chi connectivity index (χ0v) is 8.13. The minimum absolute atomic E-state index is 0.0821. The van der Waals surface area contributed by atoms with E-state index in [2.05, 4.69) is 0 Å². The second-order valence-electron chi connectivity index (χ2n) is 3.63. The molecule has 0 aliphatic rings. The van der Waals surface area contributed by atoms with E-state index in [9.17, 15) is 4.39 Å². The summed E-state index contributed by atoms with van der Waals surface area (Å²) in [7, 11) is 0. The quantitative estimate of drug-likeness (QED) is 0.633. The Labute approximate surface area is 82.5 Å². The van der Waals surface area contributed by atoms with E-state index in [-0.39, 0.29) is 6.61 Å². The van der Waals surface area contributed by atoms with Gasteiger partial charge in [0.25, 0.3) is 0 Å². The summed E-state index contributed by atoms with van der Waals surface area (Å²) >= 11 is 0. The van der Waals surface area contributed by atoms with Crippen molar-refractivity contribution in [2.45, 2.75) is 18.9 Å². The molecule has 5 N–H and O–H groups in total. The molecule has 0 spiro atoms. The van der Waals surface area contributed by atoms with Crippen molar-refractivity contribution in [1.29, 1.82) is 0 Å². The van der Waals surface area contributed by atoms with Crippen LogP contribution in [0, 0.1) is 5.82 Å². The lowest BCUT2D eigenvalue weighted by Gasteiger charge is -2.25. The Kier molecular flexibility index (Phi) is 3.08. The van der Waals surface area contributed by atoms with Crippen LogP contribution in [0.3, 0.4) is 0 Å². The van der Waals surface area contributed by atoms with E-state index in [4.69, 9.17) is 16.6 Å². The third-order valence-corrected chi connectivity index (χ3v) is 2.24. The molecule has 1 aromatic carbocycles. The predicted octanol–water partition coefficient (Wildman–Crippen LogP) is 0.964. The van der Waals surface area contributed by atoms with E-state index >= 15 is 0 Å². The lowest BCUT2D eigenvalue weighted by molar-refractivity contribution is 0.245. The van der Waals surface area contributed by atoms with Crippen molar-refractivity contribution in [2.75, 3.05) is 12.3 Å². The van der Waals surface area contributed by atoms with Crippen LogP contribution in [0.2, 0.25) is 0 Å². The molecule has 0 aliphatic carbocycles. The molecule has 0 aliphatic heterocycles. The SMILES string of the molecule is C[C@](N)(CCO)c1cc(N)ccc1F. The smallest absolute Gasteiger partial charge is 0.128 e. The minimum Gasteiger partial charge on any atom is -0.399 e. The summed E-state index contributed by atoms with van der Waals surface area (Å²) in [5.41, 5.74) is 11.3. The fraction of sp³-hybridized carbons (Fsp3) is 0.400. The summed E-state index contributed by atoms with van der Waals surface area (Å²) in [6.45, 7) is 1.59. The van der Waals surface area contributed by atoms with Gasteiger partial charge in [-0.1, -0.05) is 0 Å². The first kappa shape index (κ1) is 10.9. The van der Waals surface area contributed by atoms with Gasteiger partial charge in [-0.05, 0) is 31.5 Å². The summed E-state index contributed by atoms with van der Waals surface area (Å²) in [6.07, 6.45) is 0.299. The van der Waals surface area contributed by atoms with Crippen LogP contribution in [0.25, 0.3) is 0 Å². The molecule has 0 bridgehead atoms. The van der Waals surface area contributed by atoms with E-state index in [0.717, 1.165) is 0 Å². The van der Waals surface area contributed by atoms with Gasteiger partial charge in [-0.25, -0.2) is 4.39 Å². The molecule has 4 heteroatoms. The summed E-state index contributed by atoms with van der Waals surface area (Å²) in [4.78, 5) is 0. The third kappa shape index (κ3) is 2.21. The predicted molar refractivity (Wildman–Crippen MR) is 54.1 cm³/mol. The van der Waals surface area contributed by atoms with Gasteiger partial charge < -0.3 is 16.6 Å². The van der Waals surface area contributed by atoms with E-state index < -0.39 is 11.4 Å². The molecule has 0 radical (unpaired) electrons. The first-order valence-electron chi connectivity index (χ1n) is 4.42. The van der Waals surface area contributed by atoms with Crippen molar-refractivity contribution in [1.82, 2.24) is 0 Å². The van der Waals surface area contributed by atoms with E-state index in [1.54, 1.807) is 6.92 Å². The highest BCUT2D eigenvalue weighted by Gasteiger charge is 2.24. The van der Waals surface area contributed by atoms with Crippen LogP contribution in [0.15, 0.2) is 18.2 Å². The van der Waals surface area contributed by atoms with Crippen molar-refractivity contribution in [3.05, 3.63) is 29.6 Å². The maximum Gasteiger partial charge on any atom is 0.128 e. The van der Waals surface area contributed by atoms with Crippen LogP contribution in [-0.4, -0.2) is 11.7 Å². The van der Waals surface area contributed by atoms with Gasteiger partial charge in [-0.2, -0.15) is 0 Å². The number of halogens is 1. The van der Waals surface area contributed by atoms with Crippen LogP contribution < -0.4 is 11.5 Å². The van der Waals surface area contributed by atoms with Crippen LogP contribution >= 0.6 is 0 Å². The number of aliphatic hydroxyl groups is 1. The Bertz CT molecular complexity index is 326. The summed E-state index contributed by atoms with van der Waals surface area (Å²) in [5.74, 6) is -0.391. The number of benzene rings is 1. The maximum atomic E-state index is 13.4. The topological polar surface area (TPSA) is 72.3 Å². The van der Waals surface area contributed by atoms with Crippen LogP contribution in [-0.2, 0) is 5.54 Å². The minimum atomic E-state index is -0.881. The van der Waals surface area contributed by atoms with Crippen LogP contribution in [0.1, 0.15) is 18.9 Å². The standard InChI is InChI=1S/C10H15FN2O/c1-10(13,4-5-14)8-6-7(12)2-3-9(8)11/h2-3,6,14H,4-5,12-13H2,1H3/t10-/m0/s1. The molecule has 0 saturated carbocycles. The molecule has 1 aromatic rings. The lowest BCUT2D eigenvalue weighted by Crippen LogP contribution is -2.35. The van der Waals surface area contributed by atoms with E-state index in [1.165, 1.54) is 18.2 Å². The van der Waals surface area contributed by atoms with Gasteiger partial charge in [0.05, 0.1) is 0 Å². The number of rotatable bonds is 3. The second kappa shape index (κ2) is 3.94. The summed E-state index contributed by atoms with van der Waals surface area (Å²) in [6, 6.07) is 4.27. The molecule has 14 heavy (non-hydrogen) atoms. The Morgan fingerprint density at radius 1 is 1.50 bits per heavy atom. The number of anilines is 1. The van der Waals surface area contributed by atoms with Crippen LogP contribution in [0.5, 0.6) is 0 Å². The molecule has 0 unspecified atom stereocenters. The van der Waals surface area contributed by atoms with E-state index in [1.807, 2.05) is 0 Å². The molecule has 1 rings (SSSR count). The van der Waals surface area contributed by atoms with Gasteiger partial charge in [0, 0.05) is 23.4 Å². The lowest BCUT2D eigenvalue weighted by atomic mass is 9.89. The first-order chi connectivity index (χ1) is 6.47. The summed E-state index contributed by atoms with van der Waals surface area (Å²) < 4.78 is 13.4. The fourth-order valence-corrected chi connectivity index (χ4v) is 1.35. The van der Waals surface area contributed by atoms with Crippen LogP contribution in [0.4, 0.5) is 10.1 Å². The molecule has 1 atom stereocenters. The maximum absolute atomic E-state index is 13.4. The first-order valence-corrected chi connectivity index (χ1v) is 4.42. The molecular formula is C10H15FN2O. The van der Waals surface area contributed by atoms with Gasteiger partial charge in [0.15, 0.2) is 0 Å². The summed E-state index contributed by atoms with van der Waals surface area (Å²) in [5, 5.41) is 8.79. The monoisotopic (exact) mass is 198 g/mol. The number of nitrogens with two attached hydrogens (primary N) is 2. The highest BCUT2D eigenvalue weighted by molar-refractivity contribution is 5.43. The number of nitrogen functional groups attached to an aromatic ring is 1. The zero-order valence-electron chi connectivity index (χ0n) is 8.13. The normalized spacial score (nSPS) is 15.1. The van der Waals surface area contributed by atoms with Crippen molar-refractivity contribution in [3.8, 4) is 0 Å².